The summed E-state index contributed by atoms with van der Waals surface area (Å²) in [7, 11) is -1.80. The average Bonchev–Trinajstić information content (AvgIpc) is 3.25. The van der Waals surface area contributed by atoms with Crippen molar-refractivity contribution in [1.29, 1.82) is 0 Å². The maximum Gasteiger partial charge on any atom is 0.248 e. The van der Waals surface area contributed by atoms with Gasteiger partial charge in [-0.25, -0.2) is 13.4 Å². The topological polar surface area (TPSA) is 99.1 Å². The molecular formula is C20H26N6O3S. The average molecular weight is 431 g/mol. The van der Waals surface area contributed by atoms with Gasteiger partial charge < -0.3 is 9.09 Å². The van der Waals surface area contributed by atoms with Crippen molar-refractivity contribution in [2.75, 3.05) is 6.54 Å². The van der Waals surface area contributed by atoms with Crippen LogP contribution < -0.4 is 0 Å². The first-order chi connectivity index (χ1) is 14.3. The predicted molar refractivity (Wildman–Crippen MR) is 109 cm³/mol. The summed E-state index contributed by atoms with van der Waals surface area (Å²) >= 11 is 0. The molecule has 0 atom stereocenters. The first kappa shape index (κ1) is 19.5. The molecule has 160 valence electrons. The van der Waals surface area contributed by atoms with Gasteiger partial charge in [-0.2, -0.15) is 9.40 Å². The Kier molecular flexibility index (Phi) is 4.41. The van der Waals surface area contributed by atoms with Crippen LogP contribution in [0.25, 0.3) is 11.5 Å². The van der Waals surface area contributed by atoms with E-state index in [1.807, 2.05) is 17.9 Å². The number of imidazole rings is 1. The van der Waals surface area contributed by atoms with E-state index in [1.54, 1.807) is 13.8 Å². The number of hydrogen-bond donors (Lipinski definition) is 0. The van der Waals surface area contributed by atoms with Gasteiger partial charge in [-0.3, -0.25) is 4.68 Å². The second-order valence-corrected chi connectivity index (χ2v) is 10.3. The van der Waals surface area contributed by atoms with Gasteiger partial charge in [0.2, 0.25) is 10.0 Å². The van der Waals surface area contributed by atoms with E-state index in [0.717, 1.165) is 35.0 Å². The van der Waals surface area contributed by atoms with Crippen molar-refractivity contribution in [3.63, 3.8) is 0 Å². The Balaban J connectivity index is 1.55. The Labute approximate surface area is 175 Å². The smallest absolute Gasteiger partial charge is 0.248 e. The first-order valence-electron chi connectivity index (χ1n) is 10.3. The highest BCUT2D eigenvalue weighted by Crippen LogP contribution is 2.36. The molecule has 0 radical (unpaired) electrons. The molecule has 0 saturated heterocycles. The number of hydrogen-bond acceptors (Lipinski definition) is 6. The quantitative estimate of drug-likeness (QED) is 0.616. The van der Waals surface area contributed by atoms with Gasteiger partial charge in [0, 0.05) is 56.3 Å². The van der Waals surface area contributed by atoms with E-state index in [0.29, 0.717) is 30.3 Å². The second kappa shape index (κ2) is 6.78. The molecule has 5 rings (SSSR count). The number of aryl methyl sites for hydroxylation is 4. The molecule has 3 aromatic rings. The van der Waals surface area contributed by atoms with Gasteiger partial charge in [-0.1, -0.05) is 5.16 Å². The fourth-order valence-electron chi connectivity index (χ4n) is 4.36. The minimum atomic E-state index is -3.71. The standard InChI is InChI=1S/C20H26N6O3S/c1-12-9-21-20(26(12)10-15-5-6-15)18-16-11-25(8-7-17(16)24(4)22-18)30(27,28)19-13(2)23-29-14(19)3/h9,15H,5-8,10-11H2,1-4H3. The van der Waals surface area contributed by atoms with E-state index in [-0.39, 0.29) is 11.4 Å². The highest BCUT2D eigenvalue weighted by molar-refractivity contribution is 7.89. The highest BCUT2D eigenvalue weighted by Gasteiger charge is 2.36. The normalized spacial score (nSPS) is 17.5. The third-order valence-electron chi connectivity index (χ3n) is 6.18. The van der Waals surface area contributed by atoms with E-state index in [9.17, 15) is 8.42 Å². The minimum absolute atomic E-state index is 0.169. The molecule has 0 N–H and O–H groups in total. The van der Waals surface area contributed by atoms with E-state index in [4.69, 9.17) is 9.62 Å². The van der Waals surface area contributed by atoms with E-state index < -0.39 is 10.0 Å². The van der Waals surface area contributed by atoms with Crippen LogP contribution in [0.3, 0.4) is 0 Å². The SMILES string of the molecule is Cc1noc(C)c1S(=O)(=O)N1CCc2c(c(-c3ncc(C)n3CC3CC3)nn2C)C1. The summed E-state index contributed by atoms with van der Waals surface area (Å²) in [6, 6.07) is 0. The molecular weight excluding hydrogens is 404 g/mol. The zero-order chi connectivity index (χ0) is 21.2. The van der Waals surface area contributed by atoms with Crippen molar-refractivity contribution >= 4 is 10.0 Å². The summed E-state index contributed by atoms with van der Waals surface area (Å²) in [5.74, 6) is 1.85. The molecule has 0 bridgehead atoms. The van der Waals surface area contributed by atoms with Crippen LogP contribution in [0.1, 0.15) is 41.2 Å². The monoisotopic (exact) mass is 430 g/mol. The summed E-state index contributed by atoms with van der Waals surface area (Å²) in [5, 5.41) is 8.59. The molecule has 1 fully saturated rings. The molecule has 0 spiro atoms. The number of rotatable bonds is 5. The largest absolute Gasteiger partial charge is 0.360 e. The highest BCUT2D eigenvalue weighted by atomic mass is 32.2. The van der Waals surface area contributed by atoms with Crippen molar-refractivity contribution in [3.8, 4) is 11.5 Å². The van der Waals surface area contributed by atoms with Crippen molar-refractivity contribution in [2.24, 2.45) is 13.0 Å². The van der Waals surface area contributed by atoms with Crippen LogP contribution in [-0.2, 0) is 36.6 Å². The molecule has 9 nitrogen and oxygen atoms in total. The van der Waals surface area contributed by atoms with Crippen LogP contribution in [0.5, 0.6) is 0 Å². The molecule has 0 aromatic carbocycles. The lowest BCUT2D eigenvalue weighted by Gasteiger charge is -2.26. The number of nitrogens with zero attached hydrogens (tertiary/aromatic N) is 6. The Morgan fingerprint density at radius 2 is 2.00 bits per heavy atom. The summed E-state index contributed by atoms with van der Waals surface area (Å²) < 4.78 is 37.4. The molecule has 1 aliphatic heterocycles. The molecule has 3 aromatic heterocycles. The predicted octanol–water partition coefficient (Wildman–Crippen LogP) is 2.35. The first-order valence-corrected chi connectivity index (χ1v) is 11.7. The molecule has 0 amide bonds. The van der Waals surface area contributed by atoms with Gasteiger partial charge in [-0.05, 0) is 39.5 Å². The van der Waals surface area contributed by atoms with E-state index >= 15 is 0 Å². The maximum absolute atomic E-state index is 13.4. The van der Waals surface area contributed by atoms with Gasteiger partial charge in [0.25, 0.3) is 0 Å². The van der Waals surface area contributed by atoms with Gasteiger partial charge in [0.1, 0.15) is 16.3 Å². The summed E-state index contributed by atoms with van der Waals surface area (Å²) in [4.78, 5) is 4.82. The van der Waals surface area contributed by atoms with E-state index in [2.05, 4.69) is 21.6 Å². The van der Waals surface area contributed by atoms with Gasteiger partial charge in [-0.15, -0.1) is 0 Å². The minimum Gasteiger partial charge on any atom is -0.360 e. The third kappa shape index (κ3) is 3.01. The van der Waals surface area contributed by atoms with Crippen LogP contribution in [0, 0.1) is 26.7 Å². The lowest BCUT2D eigenvalue weighted by Crippen LogP contribution is -2.36. The van der Waals surface area contributed by atoms with Crippen LogP contribution in [0.4, 0.5) is 0 Å². The molecule has 1 aliphatic carbocycles. The fourth-order valence-corrected chi connectivity index (χ4v) is 6.06. The number of aromatic nitrogens is 5. The van der Waals surface area contributed by atoms with Crippen molar-refractivity contribution in [3.05, 3.63) is 34.6 Å². The van der Waals surface area contributed by atoms with Crippen LogP contribution >= 0.6 is 0 Å². The van der Waals surface area contributed by atoms with Crippen molar-refractivity contribution in [2.45, 2.75) is 58.0 Å². The summed E-state index contributed by atoms with van der Waals surface area (Å²) in [5.41, 5.74) is 4.27. The van der Waals surface area contributed by atoms with Crippen LogP contribution in [-0.4, -0.2) is 43.8 Å². The number of sulfonamides is 1. The Morgan fingerprint density at radius 1 is 1.23 bits per heavy atom. The maximum atomic E-state index is 13.4. The van der Waals surface area contributed by atoms with Crippen LogP contribution in [0.2, 0.25) is 0 Å². The second-order valence-electron chi connectivity index (χ2n) is 8.42. The van der Waals surface area contributed by atoms with Gasteiger partial charge in [0.15, 0.2) is 11.6 Å². The Hall–Kier alpha value is -2.46. The summed E-state index contributed by atoms with van der Waals surface area (Å²) in [6.45, 7) is 6.95. The Bertz CT molecular complexity index is 1210. The zero-order valence-electron chi connectivity index (χ0n) is 17.7. The Morgan fingerprint density at radius 3 is 2.67 bits per heavy atom. The van der Waals surface area contributed by atoms with Crippen LogP contribution in [0.15, 0.2) is 15.6 Å². The van der Waals surface area contributed by atoms with Gasteiger partial charge >= 0.3 is 0 Å². The molecule has 2 aliphatic rings. The molecule has 4 heterocycles. The van der Waals surface area contributed by atoms with E-state index in [1.165, 1.54) is 17.1 Å². The lowest BCUT2D eigenvalue weighted by atomic mass is 10.1. The van der Waals surface area contributed by atoms with Gasteiger partial charge in [0.05, 0.1) is 0 Å². The molecule has 1 saturated carbocycles. The van der Waals surface area contributed by atoms with Crippen molar-refractivity contribution in [1.82, 2.24) is 28.8 Å². The van der Waals surface area contributed by atoms with Crippen molar-refractivity contribution < 1.29 is 12.9 Å². The zero-order valence-corrected chi connectivity index (χ0v) is 18.5. The molecule has 30 heavy (non-hydrogen) atoms. The molecule has 10 heteroatoms. The third-order valence-corrected chi connectivity index (χ3v) is 8.27. The fraction of sp³-hybridized carbons (Fsp3) is 0.550. The lowest BCUT2D eigenvalue weighted by molar-refractivity contribution is 0.379. The molecule has 0 unspecified atom stereocenters. The summed E-state index contributed by atoms with van der Waals surface area (Å²) in [6.07, 6.45) is 4.98. The number of fused-ring (bicyclic) bond motifs is 1.